The molecule has 2 aromatic rings. The molecule has 1 amide bonds. The zero-order chi connectivity index (χ0) is 16.5. The second-order valence-electron chi connectivity index (χ2n) is 5.22. The molecule has 0 aliphatic heterocycles. The number of nitrogens with one attached hydrogen (secondary N) is 1. The van der Waals surface area contributed by atoms with Gasteiger partial charge in [-0.25, -0.2) is 0 Å². The minimum Gasteiger partial charge on any atom is -0.497 e. The molecule has 0 saturated carbocycles. The van der Waals surface area contributed by atoms with Crippen molar-refractivity contribution in [2.24, 2.45) is 0 Å². The second-order valence-corrected chi connectivity index (χ2v) is 5.22. The Hall–Kier alpha value is -2.49. The fourth-order valence-electron chi connectivity index (χ4n) is 2.25. The Morgan fingerprint density at radius 1 is 1.09 bits per heavy atom. The Balaban J connectivity index is 1.85. The van der Waals surface area contributed by atoms with Gasteiger partial charge < -0.3 is 14.8 Å². The Labute approximate surface area is 137 Å². The van der Waals surface area contributed by atoms with Crippen molar-refractivity contribution in [3.63, 3.8) is 0 Å². The molecule has 23 heavy (non-hydrogen) atoms. The number of hydrogen-bond acceptors (Lipinski definition) is 3. The summed E-state index contributed by atoms with van der Waals surface area (Å²) in [5.41, 5.74) is 1.20. The van der Waals surface area contributed by atoms with Gasteiger partial charge in [-0.05, 0) is 30.5 Å². The summed E-state index contributed by atoms with van der Waals surface area (Å²) in [5, 5.41) is 2.94. The molecule has 0 aromatic heterocycles. The van der Waals surface area contributed by atoms with Crippen LogP contribution in [0.1, 0.15) is 18.9 Å². The molecule has 2 rings (SSSR count). The number of rotatable bonds is 8. The van der Waals surface area contributed by atoms with E-state index < -0.39 is 6.10 Å². The minimum atomic E-state index is -0.502. The molecule has 0 spiro atoms. The van der Waals surface area contributed by atoms with E-state index >= 15 is 0 Å². The lowest BCUT2D eigenvalue weighted by Crippen LogP contribution is -2.38. The van der Waals surface area contributed by atoms with Crippen LogP contribution in [-0.4, -0.2) is 25.7 Å². The van der Waals surface area contributed by atoms with E-state index in [0.29, 0.717) is 24.5 Å². The van der Waals surface area contributed by atoms with Crippen LogP contribution < -0.4 is 14.8 Å². The van der Waals surface area contributed by atoms with Crippen molar-refractivity contribution in [2.45, 2.75) is 25.9 Å². The standard InChI is InChI=1S/C19H23NO3/c1-3-18(23-17-11-7-10-16(14-17)22-2)19(21)20-13-12-15-8-5-4-6-9-15/h4-11,14,18H,3,12-13H2,1-2H3,(H,20,21)/t18-/m0/s1. The zero-order valence-corrected chi connectivity index (χ0v) is 13.6. The van der Waals surface area contributed by atoms with Crippen LogP contribution in [0, 0.1) is 0 Å². The maximum atomic E-state index is 12.3. The molecule has 0 heterocycles. The largest absolute Gasteiger partial charge is 0.497 e. The number of hydrogen-bond donors (Lipinski definition) is 1. The average molecular weight is 313 g/mol. The van der Waals surface area contributed by atoms with Gasteiger partial charge in [0.1, 0.15) is 11.5 Å². The normalized spacial score (nSPS) is 11.6. The number of ether oxygens (including phenoxy) is 2. The quantitative estimate of drug-likeness (QED) is 0.814. The van der Waals surface area contributed by atoms with Crippen molar-refractivity contribution in [3.05, 3.63) is 60.2 Å². The van der Waals surface area contributed by atoms with E-state index in [9.17, 15) is 4.79 Å². The molecule has 0 saturated heterocycles. The molecule has 0 bridgehead atoms. The van der Waals surface area contributed by atoms with Crippen molar-refractivity contribution in [2.75, 3.05) is 13.7 Å². The van der Waals surface area contributed by atoms with Crippen molar-refractivity contribution in [1.82, 2.24) is 5.32 Å². The smallest absolute Gasteiger partial charge is 0.261 e. The average Bonchev–Trinajstić information content (AvgIpc) is 2.60. The molecule has 0 fully saturated rings. The van der Waals surface area contributed by atoms with Gasteiger partial charge in [0.15, 0.2) is 6.10 Å². The lowest BCUT2D eigenvalue weighted by molar-refractivity contribution is -0.128. The predicted molar refractivity (Wildman–Crippen MR) is 90.9 cm³/mol. The summed E-state index contributed by atoms with van der Waals surface area (Å²) in [7, 11) is 1.60. The summed E-state index contributed by atoms with van der Waals surface area (Å²) in [5.74, 6) is 1.25. The second kappa shape index (κ2) is 8.83. The molecule has 1 atom stereocenters. The summed E-state index contributed by atoms with van der Waals surface area (Å²) in [4.78, 5) is 12.3. The van der Waals surface area contributed by atoms with Crippen LogP contribution in [0.4, 0.5) is 0 Å². The summed E-state index contributed by atoms with van der Waals surface area (Å²) in [6.45, 7) is 2.53. The van der Waals surface area contributed by atoms with Gasteiger partial charge in [0.25, 0.3) is 5.91 Å². The van der Waals surface area contributed by atoms with Crippen molar-refractivity contribution >= 4 is 5.91 Å². The van der Waals surface area contributed by atoms with Gasteiger partial charge in [-0.1, -0.05) is 43.3 Å². The third kappa shape index (κ3) is 5.33. The van der Waals surface area contributed by atoms with Crippen LogP contribution in [0.2, 0.25) is 0 Å². The monoisotopic (exact) mass is 313 g/mol. The van der Waals surface area contributed by atoms with Gasteiger partial charge >= 0.3 is 0 Å². The highest BCUT2D eigenvalue weighted by atomic mass is 16.5. The highest BCUT2D eigenvalue weighted by Crippen LogP contribution is 2.20. The van der Waals surface area contributed by atoms with Crippen molar-refractivity contribution < 1.29 is 14.3 Å². The van der Waals surface area contributed by atoms with E-state index in [0.717, 1.165) is 6.42 Å². The molecular formula is C19H23NO3. The molecule has 4 nitrogen and oxygen atoms in total. The van der Waals surface area contributed by atoms with Crippen molar-refractivity contribution in [1.29, 1.82) is 0 Å². The first-order chi connectivity index (χ1) is 11.2. The molecule has 1 N–H and O–H groups in total. The predicted octanol–water partition coefficient (Wildman–Crippen LogP) is 3.21. The van der Waals surface area contributed by atoms with E-state index in [1.165, 1.54) is 5.56 Å². The number of carbonyl (C=O) groups is 1. The molecule has 0 unspecified atom stereocenters. The van der Waals surface area contributed by atoms with Gasteiger partial charge in [-0.15, -0.1) is 0 Å². The molecule has 4 heteroatoms. The summed E-state index contributed by atoms with van der Waals surface area (Å²) >= 11 is 0. The number of amides is 1. The van der Waals surface area contributed by atoms with Gasteiger partial charge in [0, 0.05) is 12.6 Å². The number of benzene rings is 2. The van der Waals surface area contributed by atoms with E-state index in [1.807, 2.05) is 43.3 Å². The summed E-state index contributed by atoms with van der Waals surface area (Å²) < 4.78 is 10.9. The van der Waals surface area contributed by atoms with E-state index in [2.05, 4.69) is 17.4 Å². The first-order valence-corrected chi connectivity index (χ1v) is 7.85. The lowest BCUT2D eigenvalue weighted by Gasteiger charge is -2.17. The Kier molecular flexibility index (Phi) is 6.48. The van der Waals surface area contributed by atoms with Crippen LogP contribution in [0.15, 0.2) is 54.6 Å². The van der Waals surface area contributed by atoms with Gasteiger partial charge in [0.2, 0.25) is 0 Å². The Bertz CT molecular complexity index is 613. The molecule has 122 valence electrons. The third-order valence-corrected chi connectivity index (χ3v) is 3.54. The molecule has 2 aromatic carbocycles. The van der Waals surface area contributed by atoms with Crippen LogP contribution in [0.5, 0.6) is 11.5 Å². The highest BCUT2D eigenvalue weighted by Gasteiger charge is 2.18. The summed E-state index contributed by atoms with van der Waals surface area (Å²) in [6, 6.07) is 17.4. The lowest BCUT2D eigenvalue weighted by atomic mass is 10.1. The van der Waals surface area contributed by atoms with Crippen molar-refractivity contribution in [3.8, 4) is 11.5 Å². The van der Waals surface area contributed by atoms with E-state index in [4.69, 9.17) is 9.47 Å². The summed E-state index contributed by atoms with van der Waals surface area (Å²) in [6.07, 6.45) is 0.911. The molecule has 0 aliphatic carbocycles. The third-order valence-electron chi connectivity index (χ3n) is 3.54. The Morgan fingerprint density at radius 3 is 2.52 bits per heavy atom. The van der Waals surface area contributed by atoms with Gasteiger partial charge in [0.05, 0.1) is 7.11 Å². The molecule has 0 radical (unpaired) electrons. The van der Waals surface area contributed by atoms with E-state index in [-0.39, 0.29) is 5.91 Å². The zero-order valence-electron chi connectivity index (χ0n) is 13.6. The molecular weight excluding hydrogens is 290 g/mol. The maximum Gasteiger partial charge on any atom is 0.261 e. The highest BCUT2D eigenvalue weighted by molar-refractivity contribution is 5.81. The minimum absolute atomic E-state index is 0.0914. The molecule has 0 aliphatic rings. The van der Waals surface area contributed by atoms with Crippen LogP contribution in [0.25, 0.3) is 0 Å². The fourth-order valence-corrected chi connectivity index (χ4v) is 2.25. The first-order valence-electron chi connectivity index (χ1n) is 7.85. The number of methoxy groups -OCH3 is 1. The van der Waals surface area contributed by atoms with Crippen LogP contribution in [-0.2, 0) is 11.2 Å². The van der Waals surface area contributed by atoms with Gasteiger partial charge in [-0.2, -0.15) is 0 Å². The van der Waals surface area contributed by atoms with Crippen LogP contribution >= 0.6 is 0 Å². The SMILES string of the molecule is CC[C@H](Oc1cccc(OC)c1)C(=O)NCCc1ccccc1. The topological polar surface area (TPSA) is 47.6 Å². The maximum absolute atomic E-state index is 12.3. The van der Waals surface area contributed by atoms with Crippen LogP contribution in [0.3, 0.4) is 0 Å². The van der Waals surface area contributed by atoms with Gasteiger partial charge in [-0.3, -0.25) is 4.79 Å². The number of carbonyl (C=O) groups excluding carboxylic acids is 1. The van der Waals surface area contributed by atoms with E-state index in [1.54, 1.807) is 13.2 Å². The fraction of sp³-hybridized carbons (Fsp3) is 0.316. The Morgan fingerprint density at radius 2 is 1.83 bits per heavy atom. The first kappa shape index (κ1) is 16.9.